The molecule has 0 bridgehead atoms. The van der Waals surface area contributed by atoms with Crippen molar-refractivity contribution in [3.05, 3.63) is 156 Å². The highest BCUT2D eigenvalue weighted by atomic mass is 31.1. The Labute approximate surface area is 263 Å². The van der Waals surface area contributed by atoms with Crippen LogP contribution < -0.4 is 42.5 Å². The fraction of sp³-hybridized carbons (Fsp3) is 0.100. The molecule has 0 atom stereocenters. The van der Waals surface area contributed by atoms with Crippen LogP contribution in [0.15, 0.2) is 133 Å². The number of anilines is 4. The average molecular weight is 607 g/mol. The summed E-state index contributed by atoms with van der Waals surface area (Å²) in [6, 6.07) is 49.7. The van der Waals surface area contributed by atoms with Gasteiger partial charge in [-0.2, -0.15) is 0 Å². The molecule has 0 fully saturated rings. The van der Waals surface area contributed by atoms with Crippen LogP contribution in [0.1, 0.15) is 22.3 Å². The van der Waals surface area contributed by atoms with Crippen LogP contribution in [0.5, 0.6) is 0 Å². The van der Waals surface area contributed by atoms with Crippen LogP contribution in [0.3, 0.4) is 0 Å². The van der Waals surface area contributed by atoms with Gasteiger partial charge in [0.15, 0.2) is 0 Å². The lowest BCUT2D eigenvalue weighted by Crippen LogP contribution is -2.29. The first-order valence-corrected chi connectivity index (χ1v) is 17.8. The van der Waals surface area contributed by atoms with Gasteiger partial charge in [-0.25, -0.2) is 0 Å². The van der Waals surface area contributed by atoms with Crippen molar-refractivity contribution in [2.75, 3.05) is 10.6 Å². The molecule has 2 N–H and O–H groups in total. The van der Waals surface area contributed by atoms with Gasteiger partial charge in [-0.3, -0.25) is 0 Å². The lowest BCUT2D eigenvalue weighted by Gasteiger charge is -2.30. The van der Waals surface area contributed by atoms with Crippen molar-refractivity contribution in [1.29, 1.82) is 0 Å². The second-order valence-corrected chi connectivity index (χ2v) is 16.0. The minimum absolute atomic E-state index is 0.890. The van der Waals surface area contributed by atoms with E-state index in [-0.39, 0.29) is 0 Å². The second-order valence-electron chi connectivity index (χ2n) is 11.7. The van der Waals surface area contributed by atoms with E-state index in [2.05, 4.69) is 172 Å². The maximum absolute atomic E-state index is 4.02. The quantitative estimate of drug-likeness (QED) is 0.194. The highest BCUT2D eigenvalue weighted by molar-refractivity contribution is 7.81. The summed E-state index contributed by atoms with van der Waals surface area (Å²) in [6.45, 7) is 8.81. The Kier molecular flexibility index (Phi) is 7.82. The first-order chi connectivity index (χ1) is 21.4. The molecule has 0 aromatic heterocycles. The van der Waals surface area contributed by atoms with Gasteiger partial charge in [0, 0.05) is 44.0 Å². The lowest BCUT2D eigenvalue weighted by molar-refractivity contribution is 1.45. The largest absolute Gasteiger partial charge is 0.354 e. The normalized spacial score (nSPS) is 15.6. The number of nitrogens with one attached hydrogen (secondary N) is 2. The Morgan fingerprint density at radius 2 is 0.614 bits per heavy atom. The highest BCUT2D eigenvalue weighted by Crippen LogP contribution is 2.44. The summed E-state index contributed by atoms with van der Waals surface area (Å²) in [7, 11) is -1.78. The van der Waals surface area contributed by atoms with Crippen molar-refractivity contribution in [2.45, 2.75) is 27.7 Å². The number of fused-ring (bicyclic) bond motifs is 4. The molecule has 7 rings (SSSR count). The predicted molar refractivity (Wildman–Crippen MR) is 196 cm³/mol. The molecule has 0 unspecified atom stereocenters. The van der Waals surface area contributed by atoms with E-state index in [4.69, 9.17) is 0 Å². The van der Waals surface area contributed by atoms with E-state index in [9.17, 15) is 0 Å². The third-order valence-electron chi connectivity index (χ3n) is 8.14. The molecule has 0 aliphatic carbocycles. The van der Waals surface area contributed by atoms with Crippen LogP contribution in [0.4, 0.5) is 22.7 Å². The van der Waals surface area contributed by atoms with E-state index in [0.717, 1.165) is 22.7 Å². The molecule has 0 saturated carbocycles. The second kappa shape index (κ2) is 12.0. The molecule has 2 nitrogen and oxygen atoms in total. The smallest absolute Gasteiger partial charge is 0.0469 e. The molecule has 0 radical (unpaired) electrons. The predicted octanol–water partition coefficient (Wildman–Crippen LogP) is 8.24. The Hall–Kier alpha value is -4.22. The molecule has 4 heteroatoms. The minimum atomic E-state index is -0.890. The Morgan fingerprint density at radius 3 is 0.886 bits per heavy atom. The summed E-state index contributed by atoms with van der Waals surface area (Å²) in [6.07, 6.45) is 0. The molecule has 6 aromatic rings. The van der Waals surface area contributed by atoms with Crippen molar-refractivity contribution in [3.63, 3.8) is 0 Å². The third-order valence-corrected chi connectivity index (χ3v) is 13.2. The van der Waals surface area contributed by atoms with Crippen LogP contribution in [0.25, 0.3) is 0 Å². The van der Waals surface area contributed by atoms with Gasteiger partial charge >= 0.3 is 0 Å². The van der Waals surface area contributed by atoms with Crippen molar-refractivity contribution in [1.82, 2.24) is 0 Å². The van der Waals surface area contributed by atoms with Crippen molar-refractivity contribution in [3.8, 4) is 0 Å². The summed E-state index contributed by atoms with van der Waals surface area (Å²) < 4.78 is 0. The molecule has 0 spiro atoms. The fourth-order valence-electron chi connectivity index (χ4n) is 5.99. The summed E-state index contributed by atoms with van der Waals surface area (Å²) in [5, 5.41) is 16.0. The van der Waals surface area contributed by atoms with Gasteiger partial charge in [0.25, 0.3) is 0 Å². The number of benzene rings is 6. The number of rotatable bonds is 2. The van der Waals surface area contributed by atoms with Gasteiger partial charge in [-0.05, 0) is 103 Å². The molecule has 6 aromatic carbocycles. The molecule has 1 aliphatic heterocycles. The molecule has 1 aliphatic rings. The average Bonchev–Trinajstić information content (AvgIpc) is 3.03. The molecule has 216 valence electrons. The zero-order valence-corrected chi connectivity index (χ0v) is 27.4. The highest BCUT2D eigenvalue weighted by Gasteiger charge is 2.28. The maximum Gasteiger partial charge on any atom is 0.0469 e. The Bertz CT molecular complexity index is 1720. The first kappa shape index (κ1) is 28.5. The third kappa shape index (κ3) is 5.57. The molecular formula is C40H36N2P2. The van der Waals surface area contributed by atoms with Crippen LogP contribution in [-0.2, 0) is 0 Å². The SMILES string of the molecule is Cc1ccc2c(c1)P(c1ccccc1)c1cc(C)ccc1Nc1ccc(C)cc1P(c1ccccc1)c1cc(C)ccc1N2. The van der Waals surface area contributed by atoms with Crippen molar-refractivity contribution < 1.29 is 0 Å². The van der Waals surface area contributed by atoms with Gasteiger partial charge in [-0.15, -0.1) is 0 Å². The van der Waals surface area contributed by atoms with Gasteiger partial charge in [0.2, 0.25) is 0 Å². The summed E-state index contributed by atoms with van der Waals surface area (Å²) in [4.78, 5) is 0. The summed E-state index contributed by atoms with van der Waals surface area (Å²) in [5.74, 6) is 0. The van der Waals surface area contributed by atoms with Gasteiger partial charge < -0.3 is 10.6 Å². The van der Waals surface area contributed by atoms with Crippen molar-refractivity contribution >= 4 is 70.4 Å². The summed E-state index contributed by atoms with van der Waals surface area (Å²) >= 11 is 0. The van der Waals surface area contributed by atoms with Crippen LogP contribution >= 0.6 is 15.8 Å². The number of hydrogen-bond donors (Lipinski definition) is 2. The molecule has 0 amide bonds. The fourth-order valence-corrected chi connectivity index (χ4v) is 11.4. The zero-order valence-electron chi connectivity index (χ0n) is 25.6. The lowest BCUT2D eigenvalue weighted by atomic mass is 10.2. The molecular weight excluding hydrogens is 570 g/mol. The Balaban J connectivity index is 1.59. The Morgan fingerprint density at radius 1 is 0.341 bits per heavy atom. The van der Waals surface area contributed by atoms with Gasteiger partial charge in [0.05, 0.1) is 0 Å². The van der Waals surface area contributed by atoms with E-state index in [1.807, 2.05) is 0 Å². The molecule has 44 heavy (non-hydrogen) atoms. The maximum atomic E-state index is 4.02. The minimum Gasteiger partial charge on any atom is -0.354 e. The van der Waals surface area contributed by atoms with Crippen LogP contribution in [0.2, 0.25) is 0 Å². The van der Waals surface area contributed by atoms with Crippen LogP contribution in [-0.4, -0.2) is 0 Å². The van der Waals surface area contributed by atoms with E-state index < -0.39 is 15.8 Å². The van der Waals surface area contributed by atoms with E-state index in [1.165, 1.54) is 54.1 Å². The van der Waals surface area contributed by atoms with Crippen LogP contribution in [0, 0.1) is 27.7 Å². The monoisotopic (exact) mass is 606 g/mol. The first-order valence-electron chi connectivity index (χ1n) is 15.1. The van der Waals surface area contributed by atoms with Gasteiger partial charge in [0.1, 0.15) is 0 Å². The number of hydrogen-bond acceptors (Lipinski definition) is 2. The number of aryl methyl sites for hydroxylation is 4. The van der Waals surface area contributed by atoms with E-state index >= 15 is 0 Å². The standard InChI is InChI=1S/C40H36N2P2/c1-27-15-19-33-37(23-27)43(31-11-7-5-8-12-31)38-24-28(2)16-20-34(38)42-36-22-18-30(4)26-40(36)44(32-13-9-6-10-14-32)39-25-29(3)17-21-35(39)41-33/h5-26,41-42H,1-4H3. The van der Waals surface area contributed by atoms with E-state index in [0.29, 0.717) is 0 Å². The molecule has 1 heterocycles. The topological polar surface area (TPSA) is 24.1 Å². The zero-order chi connectivity index (χ0) is 30.2. The van der Waals surface area contributed by atoms with Gasteiger partial charge in [-0.1, -0.05) is 107 Å². The van der Waals surface area contributed by atoms with Crippen molar-refractivity contribution in [2.24, 2.45) is 0 Å². The molecule has 0 saturated heterocycles. The van der Waals surface area contributed by atoms with E-state index in [1.54, 1.807) is 0 Å². The summed E-state index contributed by atoms with van der Waals surface area (Å²) in [5.41, 5.74) is 9.71.